The molecule has 0 unspecified atom stereocenters. The van der Waals surface area contributed by atoms with E-state index in [4.69, 9.17) is 28.6 Å². The van der Waals surface area contributed by atoms with E-state index in [1.165, 1.54) is 0 Å². The molecule has 0 atom stereocenters. The van der Waals surface area contributed by atoms with Crippen molar-refractivity contribution >= 4 is 40.0 Å². The number of aryl methyl sites for hydroxylation is 2. The van der Waals surface area contributed by atoms with Gasteiger partial charge in [0, 0.05) is 23.2 Å². The maximum atomic E-state index is 13.7. The third-order valence-corrected chi connectivity index (χ3v) is 7.67. The summed E-state index contributed by atoms with van der Waals surface area (Å²) in [4.78, 5) is 13.7. The van der Waals surface area contributed by atoms with E-state index in [0.717, 1.165) is 27.7 Å². The van der Waals surface area contributed by atoms with Gasteiger partial charge in [0.05, 0.1) is 27.6 Å². The minimum absolute atomic E-state index is 0.0249. The molecule has 0 aliphatic carbocycles. The third kappa shape index (κ3) is 5.55. The maximum absolute atomic E-state index is 13.7. The van der Waals surface area contributed by atoms with Crippen LogP contribution in [0.25, 0.3) is 11.0 Å². The zero-order chi connectivity index (χ0) is 28.0. The molecule has 0 spiro atoms. The van der Waals surface area contributed by atoms with Crippen molar-refractivity contribution < 1.29 is 9.90 Å². The van der Waals surface area contributed by atoms with Crippen molar-refractivity contribution in [1.29, 1.82) is 5.41 Å². The van der Waals surface area contributed by atoms with Crippen molar-refractivity contribution in [3.8, 4) is 5.75 Å². The van der Waals surface area contributed by atoms with Crippen LogP contribution < -0.4 is 5.62 Å². The zero-order valence-corrected chi connectivity index (χ0v) is 24.3. The van der Waals surface area contributed by atoms with Crippen LogP contribution in [0, 0.1) is 5.41 Å². The number of phenols is 1. The van der Waals surface area contributed by atoms with Crippen LogP contribution in [0.3, 0.4) is 0 Å². The first-order valence-electron chi connectivity index (χ1n) is 12.8. The van der Waals surface area contributed by atoms with E-state index in [2.05, 4.69) is 0 Å². The summed E-state index contributed by atoms with van der Waals surface area (Å²) in [6, 6.07) is 16.9. The highest BCUT2D eigenvalue weighted by molar-refractivity contribution is 6.42. The molecular weight excluding hydrogens is 517 g/mol. The summed E-state index contributed by atoms with van der Waals surface area (Å²) >= 11 is 12.3. The molecule has 38 heavy (non-hydrogen) atoms. The van der Waals surface area contributed by atoms with Crippen LogP contribution in [-0.2, 0) is 30.3 Å². The molecule has 0 amide bonds. The van der Waals surface area contributed by atoms with Crippen LogP contribution in [-0.4, -0.2) is 20.0 Å². The number of hydrogen-bond donors (Lipinski definition) is 2. The lowest BCUT2D eigenvalue weighted by Gasteiger charge is -2.28. The van der Waals surface area contributed by atoms with Crippen LogP contribution in [0.4, 0.5) is 0 Å². The van der Waals surface area contributed by atoms with Crippen molar-refractivity contribution in [2.75, 3.05) is 0 Å². The summed E-state index contributed by atoms with van der Waals surface area (Å²) in [5.41, 5.74) is 4.34. The quantitative estimate of drug-likeness (QED) is 0.241. The number of halogens is 2. The number of imidazole rings is 1. The molecule has 1 aromatic heterocycles. The Hall–Kier alpha value is -3.02. The van der Waals surface area contributed by atoms with Crippen molar-refractivity contribution in [2.45, 2.75) is 71.9 Å². The molecular formula is C31H35Cl2N3O2. The molecule has 4 aromatic rings. The molecule has 0 fully saturated rings. The molecule has 0 radical (unpaired) electrons. The van der Waals surface area contributed by atoms with E-state index in [9.17, 15) is 9.90 Å². The number of nitrogens with one attached hydrogen (secondary N) is 1. The second kappa shape index (κ2) is 10.3. The fraction of sp³-hybridized carbons (Fsp3) is 0.355. The summed E-state index contributed by atoms with van der Waals surface area (Å²) in [5.74, 6) is 0.140. The Morgan fingerprint density at radius 3 is 1.92 bits per heavy atom. The second-order valence-corrected chi connectivity index (χ2v) is 12.7. The molecule has 0 aliphatic rings. The number of aromatic nitrogens is 2. The number of phenolic OH excluding ortho intramolecular Hbond substituents is 1. The first-order chi connectivity index (χ1) is 17.7. The number of carbonyl (C=O) groups excluding carboxylic acids is 1. The van der Waals surface area contributed by atoms with E-state index >= 15 is 0 Å². The zero-order valence-electron chi connectivity index (χ0n) is 22.8. The largest absolute Gasteiger partial charge is 0.507 e. The van der Waals surface area contributed by atoms with Gasteiger partial charge in [-0.15, -0.1) is 0 Å². The number of para-hydroxylation sites is 2. The second-order valence-electron chi connectivity index (χ2n) is 11.9. The van der Waals surface area contributed by atoms with Gasteiger partial charge in [-0.2, -0.15) is 0 Å². The molecule has 3 aromatic carbocycles. The molecule has 0 aliphatic heterocycles. The Morgan fingerprint density at radius 2 is 1.39 bits per heavy atom. The highest BCUT2D eigenvalue weighted by atomic mass is 35.5. The van der Waals surface area contributed by atoms with Crippen LogP contribution in [0.5, 0.6) is 5.75 Å². The average molecular weight is 553 g/mol. The number of benzene rings is 3. The van der Waals surface area contributed by atoms with E-state index in [1.54, 1.807) is 22.8 Å². The number of nitrogens with zero attached hydrogens (tertiary/aromatic N) is 2. The number of aromatic hydroxyl groups is 1. The highest BCUT2D eigenvalue weighted by Gasteiger charge is 2.28. The highest BCUT2D eigenvalue weighted by Crippen LogP contribution is 2.40. The first kappa shape index (κ1) is 28.0. The molecule has 200 valence electrons. The summed E-state index contributed by atoms with van der Waals surface area (Å²) in [5, 5.41) is 21.1. The predicted molar refractivity (Wildman–Crippen MR) is 156 cm³/mol. The third-order valence-electron chi connectivity index (χ3n) is 6.93. The Balaban J connectivity index is 1.73. The molecule has 0 saturated heterocycles. The van der Waals surface area contributed by atoms with E-state index in [0.29, 0.717) is 28.6 Å². The van der Waals surface area contributed by atoms with E-state index < -0.39 is 0 Å². The molecule has 4 rings (SSSR count). The summed E-state index contributed by atoms with van der Waals surface area (Å²) in [6.45, 7) is 12.8. The Morgan fingerprint density at radius 1 is 0.842 bits per heavy atom. The van der Waals surface area contributed by atoms with Crippen LogP contribution in [0.1, 0.15) is 68.6 Å². The van der Waals surface area contributed by atoms with E-state index in [-0.39, 0.29) is 34.5 Å². The van der Waals surface area contributed by atoms with Gasteiger partial charge in [-0.25, -0.2) is 0 Å². The molecule has 0 saturated carbocycles. The Kier molecular flexibility index (Phi) is 7.57. The lowest BCUT2D eigenvalue weighted by molar-refractivity contribution is 0.0971. The van der Waals surface area contributed by atoms with Crippen molar-refractivity contribution in [1.82, 2.24) is 9.13 Å². The summed E-state index contributed by atoms with van der Waals surface area (Å²) < 4.78 is 3.68. The minimum atomic E-state index is -0.339. The van der Waals surface area contributed by atoms with Crippen molar-refractivity contribution in [2.24, 2.45) is 0 Å². The van der Waals surface area contributed by atoms with Gasteiger partial charge < -0.3 is 14.2 Å². The lowest BCUT2D eigenvalue weighted by atomic mass is 9.78. The van der Waals surface area contributed by atoms with Crippen molar-refractivity contribution in [3.63, 3.8) is 0 Å². The van der Waals surface area contributed by atoms with Gasteiger partial charge in [0.1, 0.15) is 5.75 Å². The fourth-order valence-electron chi connectivity index (χ4n) is 4.79. The summed E-state index contributed by atoms with van der Waals surface area (Å²) in [7, 11) is 0. The van der Waals surface area contributed by atoms with Gasteiger partial charge in [0.2, 0.25) is 5.62 Å². The van der Waals surface area contributed by atoms with Gasteiger partial charge in [0.15, 0.2) is 5.78 Å². The number of carbonyl (C=O) groups is 1. The van der Waals surface area contributed by atoms with Gasteiger partial charge in [0.25, 0.3) is 0 Å². The number of fused-ring (bicyclic) bond motifs is 1. The molecule has 5 nitrogen and oxygen atoms in total. The van der Waals surface area contributed by atoms with Gasteiger partial charge in [-0.05, 0) is 59.2 Å². The standard InChI is InChI=1S/C31H35Cl2N3O2/c1-30(2,3)21-16-20(17-22(28(21)38)31(4,5)6)27(37)18-36-26-10-8-7-9-25(26)35(29(36)34)14-13-19-11-12-23(32)24(33)15-19/h7-12,15-17,34,38H,13-14,18H2,1-6H3. The predicted octanol–water partition coefficient (Wildman–Crippen LogP) is 7.66. The smallest absolute Gasteiger partial charge is 0.203 e. The normalized spacial score (nSPS) is 12.3. The molecule has 1 heterocycles. The van der Waals surface area contributed by atoms with Crippen LogP contribution in [0.2, 0.25) is 10.0 Å². The van der Waals surface area contributed by atoms with Crippen LogP contribution in [0.15, 0.2) is 54.6 Å². The van der Waals surface area contributed by atoms with E-state index in [1.807, 2.05) is 82.5 Å². The number of ketones is 1. The van der Waals surface area contributed by atoms with Gasteiger partial charge in [-0.3, -0.25) is 10.2 Å². The molecule has 0 bridgehead atoms. The maximum Gasteiger partial charge on any atom is 0.203 e. The van der Waals surface area contributed by atoms with Crippen LogP contribution >= 0.6 is 23.2 Å². The number of hydrogen-bond acceptors (Lipinski definition) is 3. The minimum Gasteiger partial charge on any atom is -0.507 e. The fourth-order valence-corrected chi connectivity index (χ4v) is 5.11. The van der Waals surface area contributed by atoms with Crippen molar-refractivity contribution in [3.05, 3.63) is 92.5 Å². The summed E-state index contributed by atoms with van der Waals surface area (Å²) in [6.07, 6.45) is 0.664. The number of Topliss-reactive ketones (excluding diaryl/α,β-unsaturated/α-hetero) is 1. The lowest BCUT2D eigenvalue weighted by Crippen LogP contribution is -2.28. The SMILES string of the molecule is CC(C)(C)c1cc(C(=O)Cn2c(=N)n(CCc3ccc(Cl)c(Cl)c3)c3ccccc32)cc(C(C)(C)C)c1O. The Labute approximate surface area is 234 Å². The topological polar surface area (TPSA) is 71.0 Å². The average Bonchev–Trinajstić information content (AvgIpc) is 3.09. The van der Waals surface area contributed by atoms with Gasteiger partial charge in [-0.1, -0.05) is 82.9 Å². The first-order valence-corrected chi connectivity index (χ1v) is 13.5. The monoisotopic (exact) mass is 551 g/mol. The Bertz CT molecular complexity index is 1550. The number of rotatable bonds is 6. The molecule has 7 heteroatoms. The molecule has 2 N–H and O–H groups in total. The van der Waals surface area contributed by atoms with Gasteiger partial charge >= 0.3 is 0 Å².